The molecule has 1 aromatic rings. The normalized spacial score (nSPS) is 13.3. The summed E-state index contributed by atoms with van der Waals surface area (Å²) in [6.45, 7) is 3.22. The van der Waals surface area contributed by atoms with E-state index in [1.165, 1.54) is 27.2 Å². The standard InChI is InChI=1S/C19H20N2O5/c1-12-15(20-13(2)22)9-7-10-16(12)21-11-6-5-8-14(18(23)25-3)17(21)19(24)26-4/h5-11H,1-4H3,(H,20,22). The van der Waals surface area contributed by atoms with E-state index in [-0.39, 0.29) is 17.2 Å². The second kappa shape index (κ2) is 8.15. The molecule has 136 valence electrons. The van der Waals surface area contributed by atoms with E-state index in [0.717, 1.165) is 5.56 Å². The van der Waals surface area contributed by atoms with Gasteiger partial charge >= 0.3 is 11.9 Å². The molecule has 0 bridgehead atoms. The van der Waals surface area contributed by atoms with Crippen molar-refractivity contribution in [2.75, 3.05) is 24.4 Å². The molecule has 1 heterocycles. The van der Waals surface area contributed by atoms with Crippen molar-refractivity contribution >= 4 is 29.2 Å². The number of carbonyl (C=O) groups excluding carboxylic acids is 3. The molecular formula is C19H20N2O5. The number of nitrogens with one attached hydrogen (secondary N) is 1. The third kappa shape index (κ3) is 3.83. The zero-order chi connectivity index (χ0) is 19.3. The lowest BCUT2D eigenvalue weighted by Gasteiger charge is -2.25. The summed E-state index contributed by atoms with van der Waals surface area (Å²) >= 11 is 0. The lowest BCUT2D eigenvalue weighted by molar-refractivity contribution is -0.139. The lowest BCUT2D eigenvalue weighted by Crippen LogP contribution is -2.27. The minimum absolute atomic E-state index is 0.0208. The van der Waals surface area contributed by atoms with Crippen molar-refractivity contribution in [3.05, 3.63) is 59.5 Å². The minimum atomic E-state index is -0.689. The van der Waals surface area contributed by atoms with Crippen LogP contribution in [0.25, 0.3) is 0 Å². The predicted molar refractivity (Wildman–Crippen MR) is 97.3 cm³/mol. The number of amides is 1. The summed E-state index contributed by atoms with van der Waals surface area (Å²) in [5.74, 6) is -1.56. The van der Waals surface area contributed by atoms with Crippen LogP contribution in [-0.4, -0.2) is 32.1 Å². The van der Waals surface area contributed by atoms with Gasteiger partial charge in [0.05, 0.1) is 25.5 Å². The maximum Gasteiger partial charge on any atom is 0.355 e. The van der Waals surface area contributed by atoms with Crippen LogP contribution in [0.3, 0.4) is 0 Å². The highest BCUT2D eigenvalue weighted by atomic mass is 16.5. The molecule has 1 aliphatic heterocycles. The summed E-state index contributed by atoms with van der Waals surface area (Å²) in [6.07, 6.45) is 6.44. The van der Waals surface area contributed by atoms with Gasteiger partial charge in [0, 0.05) is 18.8 Å². The number of anilines is 2. The molecule has 0 spiro atoms. The molecule has 1 aromatic carbocycles. The van der Waals surface area contributed by atoms with Crippen LogP contribution in [0.2, 0.25) is 0 Å². The summed E-state index contributed by atoms with van der Waals surface area (Å²) < 4.78 is 9.67. The second-order valence-corrected chi connectivity index (χ2v) is 5.45. The first-order valence-corrected chi connectivity index (χ1v) is 7.83. The van der Waals surface area contributed by atoms with Gasteiger partial charge in [-0.25, -0.2) is 9.59 Å². The molecule has 1 amide bonds. The fraction of sp³-hybridized carbons (Fsp3) is 0.211. The van der Waals surface area contributed by atoms with Crippen LogP contribution in [0.5, 0.6) is 0 Å². The van der Waals surface area contributed by atoms with Gasteiger partial charge in [-0.2, -0.15) is 0 Å². The van der Waals surface area contributed by atoms with Gasteiger partial charge in [0.2, 0.25) is 5.91 Å². The molecule has 0 aromatic heterocycles. The Hall–Kier alpha value is -3.35. The highest BCUT2D eigenvalue weighted by molar-refractivity contribution is 6.05. The van der Waals surface area contributed by atoms with Gasteiger partial charge in [0.1, 0.15) is 5.70 Å². The molecule has 0 saturated heterocycles. The number of ether oxygens (including phenoxy) is 2. The number of methoxy groups -OCH3 is 2. The number of carbonyl (C=O) groups is 3. The molecule has 1 N–H and O–H groups in total. The van der Waals surface area contributed by atoms with Gasteiger partial charge in [-0.3, -0.25) is 4.79 Å². The molecular weight excluding hydrogens is 336 g/mol. The van der Waals surface area contributed by atoms with E-state index in [2.05, 4.69) is 5.32 Å². The topological polar surface area (TPSA) is 84.9 Å². The highest BCUT2D eigenvalue weighted by Gasteiger charge is 2.28. The summed E-state index contributed by atoms with van der Waals surface area (Å²) in [6, 6.07) is 5.27. The maximum atomic E-state index is 12.4. The van der Waals surface area contributed by atoms with Crippen LogP contribution < -0.4 is 10.2 Å². The molecule has 26 heavy (non-hydrogen) atoms. The average molecular weight is 356 g/mol. The number of rotatable bonds is 4. The van der Waals surface area contributed by atoms with Crippen LogP contribution in [0, 0.1) is 6.92 Å². The Kier molecular flexibility index (Phi) is 5.95. The number of hydrogen-bond donors (Lipinski definition) is 1. The molecule has 2 rings (SSSR count). The Morgan fingerprint density at radius 2 is 1.73 bits per heavy atom. The molecule has 0 fully saturated rings. The Labute approximate surface area is 151 Å². The van der Waals surface area contributed by atoms with Gasteiger partial charge in [-0.1, -0.05) is 12.1 Å². The zero-order valence-electron chi connectivity index (χ0n) is 15.0. The van der Waals surface area contributed by atoms with E-state index >= 15 is 0 Å². The van der Waals surface area contributed by atoms with Crippen molar-refractivity contribution in [3.8, 4) is 0 Å². The minimum Gasteiger partial charge on any atom is -0.465 e. The number of benzene rings is 1. The Bertz CT molecular complexity index is 836. The number of nitrogens with zero attached hydrogens (tertiary/aromatic N) is 1. The van der Waals surface area contributed by atoms with Crippen molar-refractivity contribution in [1.29, 1.82) is 0 Å². The van der Waals surface area contributed by atoms with Crippen molar-refractivity contribution in [1.82, 2.24) is 0 Å². The monoisotopic (exact) mass is 356 g/mol. The molecule has 0 atom stereocenters. The molecule has 0 unspecified atom stereocenters. The van der Waals surface area contributed by atoms with E-state index in [4.69, 9.17) is 9.47 Å². The molecule has 1 aliphatic rings. The summed E-state index contributed by atoms with van der Waals surface area (Å²) in [5.41, 5.74) is 2.02. The number of hydrogen-bond acceptors (Lipinski definition) is 6. The van der Waals surface area contributed by atoms with Crippen LogP contribution in [0.15, 0.2) is 53.9 Å². The van der Waals surface area contributed by atoms with Crippen LogP contribution in [0.1, 0.15) is 12.5 Å². The van der Waals surface area contributed by atoms with Crippen molar-refractivity contribution in [2.24, 2.45) is 0 Å². The molecule has 0 saturated carbocycles. The smallest absolute Gasteiger partial charge is 0.355 e. The first-order chi connectivity index (χ1) is 12.4. The SMILES string of the molecule is COC(=O)C1=C(C(=O)OC)N(c2cccc(NC(C)=O)c2C)C=CC=C1. The summed E-state index contributed by atoms with van der Waals surface area (Å²) in [4.78, 5) is 37.6. The fourth-order valence-electron chi connectivity index (χ4n) is 2.56. The third-order valence-corrected chi connectivity index (χ3v) is 3.76. The van der Waals surface area contributed by atoms with E-state index in [0.29, 0.717) is 11.4 Å². The Morgan fingerprint density at radius 3 is 2.35 bits per heavy atom. The number of allylic oxidation sites excluding steroid dienone is 2. The first kappa shape index (κ1) is 19.0. The van der Waals surface area contributed by atoms with Crippen molar-refractivity contribution in [2.45, 2.75) is 13.8 Å². The van der Waals surface area contributed by atoms with Crippen LogP contribution >= 0.6 is 0 Å². The third-order valence-electron chi connectivity index (χ3n) is 3.76. The Morgan fingerprint density at radius 1 is 1.04 bits per heavy atom. The van der Waals surface area contributed by atoms with Gasteiger partial charge in [0.25, 0.3) is 0 Å². The largest absolute Gasteiger partial charge is 0.465 e. The van der Waals surface area contributed by atoms with Crippen LogP contribution in [-0.2, 0) is 23.9 Å². The lowest BCUT2D eigenvalue weighted by atomic mass is 10.1. The van der Waals surface area contributed by atoms with Gasteiger partial charge in [-0.05, 0) is 36.8 Å². The van der Waals surface area contributed by atoms with E-state index in [1.54, 1.807) is 48.4 Å². The van der Waals surface area contributed by atoms with Gasteiger partial charge < -0.3 is 19.7 Å². The van der Waals surface area contributed by atoms with Crippen molar-refractivity contribution in [3.63, 3.8) is 0 Å². The highest BCUT2D eigenvalue weighted by Crippen LogP contribution is 2.32. The fourth-order valence-corrected chi connectivity index (χ4v) is 2.56. The first-order valence-electron chi connectivity index (χ1n) is 7.83. The maximum absolute atomic E-state index is 12.4. The Balaban J connectivity index is 2.68. The van der Waals surface area contributed by atoms with E-state index in [1.807, 2.05) is 0 Å². The average Bonchev–Trinajstić information content (AvgIpc) is 2.84. The molecule has 0 aliphatic carbocycles. The summed E-state index contributed by atoms with van der Waals surface area (Å²) in [5, 5.41) is 2.74. The molecule has 7 nitrogen and oxygen atoms in total. The molecule has 7 heteroatoms. The van der Waals surface area contributed by atoms with Crippen molar-refractivity contribution < 1.29 is 23.9 Å². The van der Waals surface area contributed by atoms with Crippen LogP contribution in [0.4, 0.5) is 11.4 Å². The van der Waals surface area contributed by atoms with E-state index < -0.39 is 11.9 Å². The quantitative estimate of drug-likeness (QED) is 0.834. The number of esters is 2. The molecule has 0 radical (unpaired) electrons. The predicted octanol–water partition coefficient (Wildman–Crippen LogP) is 2.44. The van der Waals surface area contributed by atoms with Gasteiger partial charge in [-0.15, -0.1) is 0 Å². The van der Waals surface area contributed by atoms with E-state index in [9.17, 15) is 14.4 Å². The zero-order valence-corrected chi connectivity index (χ0v) is 15.0. The second-order valence-electron chi connectivity index (χ2n) is 5.45. The summed E-state index contributed by atoms with van der Waals surface area (Å²) in [7, 11) is 2.48. The van der Waals surface area contributed by atoms with Gasteiger partial charge in [0.15, 0.2) is 0 Å².